The van der Waals surface area contributed by atoms with E-state index in [0.29, 0.717) is 15.7 Å². The highest BCUT2D eigenvalue weighted by molar-refractivity contribution is 8.14. The molecule has 1 N–H and O–H groups in total. The number of anilines is 1. The van der Waals surface area contributed by atoms with Crippen LogP contribution in [0.4, 0.5) is 11.4 Å². The first-order valence-electron chi connectivity index (χ1n) is 7.37. The molecule has 0 aliphatic carbocycles. The van der Waals surface area contributed by atoms with E-state index in [2.05, 4.69) is 10.3 Å². The fraction of sp³-hybridized carbons (Fsp3) is 0.176. The number of thioether (sulfide) groups is 1. The summed E-state index contributed by atoms with van der Waals surface area (Å²) < 4.78 is 0. The van der Waals surface area contributed by atoms with Crippen molar-refractivity contribution in [3.8, 4) is 0 Å². The molecule has 24 heavy (non-hydrogen) atoms. The Morgan fingerprint density at radius 1 is 1.17 bits per heavy atom. The highest BCUT2D eigenvalue weighted by Crippen LogP contribution is 2.24. The van der Waals surface area contributed by atoms with Gasteiger partial charge in [0.1, 0.15) is 0 Å². The monoisotopic (exact) mass is 379 g/mol. The van der Waals surface area contributed by atoms with E-state index >= 15 is 0 Å². The normalized spacial score (nSPS) is 15.8. The number of hydrogen-bond donors (Lipinski definition) is 1. The molecule has 3 rings (SSSR count). The van der Waals surface area contributed by atoms with Crippen LogP contribution in [0.2, 0.25) is 10.0 Å². The molecular weight excluding hydrogens is 365 g/mol. The van der Waals surface area contributed by atoms with Gasteiger partial charge in [-0.05, 0) is 36.4 Å². The first-order valence-corrected chi connectivity index (χ1v) is 9.12. The van der Waals surface area contributed by atoms with Gasteiger partial charge in [-0.2, -0.15) is 0 Å². The number of amidine groups is 1. The number of aliphatic imine (C=N–C) groups is 1. The van der Waals surface area contributed by atoms with Gasteiger partial charge in [-0.3, -0.25) is 4.79 Å². The molecule has 7 heteroatoms. The van der Waals surface area contributed by atoms with E-state index in [0.717, 1.165) is 23.2 Å². The van der Waals surface area contributed by atoms with Gasteiger partial charge >= 0.3 is 0 Å². The fourth-order valence-corrected chi connectivity index (χ4v) is 3.66. The van der Waals surface area contributed by atoms with Crippen molar-refractivity contribution in [2.75, 3.05) is 24.2 Å². The van der Waals surface area contributed by atoms with Gasteiger partial charge in [-0.15, -0.1) is 0 Å². The number of carbonyl (C=O) groups excluding carboxylic acids is 1. The third-order valence-corrected chi connectivity index (χ3v) is 4.80. The summed E-state index contributed by atoms with van der Waals surface area (Å²) >= 11 is 13.6. The Bertz CT molecular complexity index is 782. The Morgan fingerprint density at radius 3 is 2.67 bits per heavy atom. The maximum Gasteiger partial charge on any atom is 0.243 e. The van der Waals surface area contributed by atoms with Crippen LogP contribution < -0.4 is 5.32 Å². The van der Waals surface area contributed by atoms with Crippen LogP contribution in [0.5, 0.6) is 0 Å². The highest BCUT2D eigenvalue weighted by Gasteiger charge is 2.22. The van der Waals surface area contributed by atoms with E-state index in [1.807, 2.05) is 29.2 Å². The highest BCUT2D eigenvalue weighted by atomic mass is 35.5. The van der Waals surface area contributed by atoms with Gasteiger partial charge in [0.15, 0.2) is 5.17 Å². The number of rotatable bonds is 4. The summed E-state index contributed by atoms with van der Waals surface area (Å²) in [7, 11) is 0. The van der Waals surface area contributed by atoms with Gasteiger partial charge in [0, 0.05) is 28.0 Å². The Kier molecular flexibility index (Phi) is 5.66. The van der Waals surface area contributed by atoms with Crippen molar-refractivity contribution in [1.29, 1.82) is 0 Å². The van der Waals surface area contributed by atoms with Crippen molar-refractivity contribution in [2.45, 2.75) is 0 Å². The molecule has 0 unspecified atom stereocenters. The standard InChI is InChI=1S/C17H15Cl2N3OS/c18-12-3-1-5-14(9-12)20-16(23)11-22-7-8-24-17(22)21-15-6-2-4-13(19)10-15/h1-6,9-10H,7-8,11H2,(H,20,23). The molecule has 2 aromatic carbocycles. The van der Waals surface area contributed by atoms with Gasteiger partial charge in [-0.1, -0.05) is 47.1 Å². The summed E-state index contributed by atoms with van der Waals surface area (Å²) in [4.78, 5) is 18.8. The molecule has 1 amide bonds. The van der Waals surface area contributed by atoms with Crippen LogP contribution in [0.1, 0.15) is 0 Å². The second-order valence-electron chi connectivity index (χ2n) is 5.20. The molecule has 4 nitrogen and oxygen atoms in total. The molecule has 0 bridgehead atoms. The minimum atomic E-state index is -0.0986. The van der Waals surface area contributed by atoms with E-state index in [1.165, 1.54) is 0 Å². The van der Waals surface area contributed by atoms with Gasteiger partial charge in [0.2, 0.25) is 5.91 Å². The zero-order chi connectivity index (χ0) is 16.9. The zero-order valence-electron chi connectivity index (χ0n) is 12.7. The summed E-state index contributed by atoms with van der Waals surface area (Å²) in [6.45, 7) is 1.03. The smallest absolute Gasteiger partial charge is 0.243 e. The van der Waals surface area contributed by atoms with Crippen LogP contribution in [0.3, 0.4) is 0 Å². The van der Waals surface area contributed by atoms with Crippen LogP contribution in [0.25, 0.3) is 0 Å². The summed E-state index contributed by atoms with van der Waals surface area (Å²) in [6, 6.07) is 14.5. The van der Waals surface area contributed by atoms with Crippen LogP contribution in [-0.4, -0.2) is 34.8 Å². The summed E-state index contributed by atoms with van der Waals surface area (Å²) in [5, 5.41) is 4.92. The van der Waals surface area contributed by atoms with Crippen LogP contribution in [0.15, 0.2) is 53.5 Å². The van der Waals surface area contributed by atoms with Crippen molar-refractivity contribution in [1.82, 2.24) is 4.90 Å². The molecule has 1 fully saturated rings. The van der Waals surface area contributed by atoms with E-state index in [1.54, 1.807) is 36.0 Å². The molecule has 0 spiro atoms. The largest absolute Gasteiger partial charge is 0.341 e. The number of hydrogen-bond acceptors (Lipinski definition) is 3. The van der Waals surface area contributed by atoms with E-state index < -0.39 is 0 Å². The van der Waals surface area contributed by atoms with Gasteiger partial charge in [-0.25, -0.2) is 4.99 Å². The molecular formula is C17H15Cl2N3OS. The van der Waals surface area contributed by atoms with Gasteiger partial charge < -0.3 is 10.2 Å². The lowest BCUT2D eigenvalue weighted by Gasteiger charge is -2.17. The van der Waals surface area contributed by atoms with E-state index in [9.17, 15) is 4.79 Å². The third kappa shape index (κ3) is 4.66. The van der Waals surface area contributed by atoms with E-state index in [4.69, 9.17) is 23.2 Å². The van der Waals surface area contributed by atoms with Gasteiger partial charge in [0.25, 0.3) is 0 Å². The molecule has 0 aromatic heterocycles. The number of nitrogens with one attached hydrogen (secondary N) is 1. The van der Waals surface area contributed by atoms with Crippen molar-refractivity contribution in [2.24, 2.45) is 4.99 Å². The number of nitrogens with zero attached hydrogens (tertiary/aromatic N) is 2. The maximum absolute atomic E-state index is 12.3. The first-order chi connectivity index (χ1) is 11.6. The Balaban J connectivity index is 1.66. The summed E-state index contributed by atoms with van der Waals surface area (Å²) in [5.41, 5.74) is 1.47. The van der Waals surface area contributed by atoms with Crippen molar-refractivity contribution >= 4 is 57.4 Å². The number of halogens is 2. The zero-order valence-corrected chi connectivity index (χ0v) is 15.0. The number of amides is 1. The molecule has 1 saturated heterocycles. The van der Waals surface area contributed by atoms with Crippen LogP contribution >= 0.6 is 35.0 Å². The average molecular weight is 380 g/mol. The molecule has 1 aliphatic heterocycles. The minimum Gasteiger partial charge on any atom is -0.341 e. The Hall–Kier alpha value is -1.69. The van der Waals surface area contributed by atoms with Crippen molar-refractivity contribution in [3.63, 3.8) is 0 Å². The molecule has 0 radical (unpaired) electrons. The molecule has 1 aliphatic rings. The molecule has 2 aromatic rings. The SMILES string of the molecule is O=C(CN1CCSC1=Nc1cccc(Cl)c1)Nc1cccc(Cl)c1. The lowest BCUT2D eigenvalue weighted by Crippen LogP contribution is -2.33. The average Bonchev–Trinajstić information content (AvgIpc) is 2.94. The molecule has 0 atom stereocenters. The maximum atomic E-state index is 12.3. The van der Waals surface area contributed by atoms with Crippen LogP contribution in [0, 0.1) is 0 Å². The predicted octanol–water partition coefficient (Wildman–Crippen LogP) is 4.67. The lowest BCUT2D eigenvalue weighted by atomic mass is 10.3. The second-order valence-corrected chi connectivity index (χ2v) is 7.14. The number of benzene rings is 2. The Morgan fingerprint density at radius 2 is 1.92 bits per heavy atom. The quantitative estimate of drug-likeness (QED) is 0.839. The lowest BCUT2D eigenvalue weighted by molar-refractivity contribution is -0.116. The van der Waals surface area contributed by atoms with Crippen molar-refractivity contribution in [3.05, 3.63) is 58.6 Å². The van der Waals surface area contributed by atoms with Crippen molar-refractivity contribution < 1.29 is 4.79 Å². The molecule has 0 saturated carbocycles. The number of carbonyl (C=O) groups is 1. The molecule has 124 valence electrons. The fourth-order valence-electron chi connectivity index (χ4n) is 2.28. The van der Waals surface area contributed by atoms with Gasteiger partial charge in [0.05, 0.1) is 12.2 Å². The first kappa shape index (κ1) is 17.1. The third-order valence-electron chi connectivity index (χ3n) is 3.34. The van der Waals surface area contributed by atoms with Crippen LogP contribution in [-0.2, 0) is 4.79 Å². The predicted molar refractivity (Wildman–Crippen MR) is 103 cm³/mol. The topological polar surface area (TPSA) is 44.7 Å². The second kappa shape index (κ2) is 7.92. The summed E-state index contributed by atoms with van der Waals surface area (Å²) in [5.74, 6) is 0.808. The molecule has 1 heterocycles. The van der Waals surface area contributed by atoms with E-state index in [-0.39, 0.29) is 12.5 Å². The minimum absolute atomic E-state index is 0.0986. The Labute approximate surface area is 154 Å². The summed E-state index contributed by atoms with van der Waals surface area (Å²) in [6.07, 6.45) is 0.